The zero-order chi connectivity index (χ0) is 20.7. The van der Waals surface area contributed by atoms with Crippen molar-refractivity contribution in [3.05, 3.63) is 46.8 Å². The summed E-state index contributed by atoms with van der Waals surface area (Å²) in [7, 11) is 0. The Balaban J connectivity index is 1.78. The predicted molar refractivity (Wildman–Crippen MR) is 110 cm³/mol. The standard InChI is InChI=1S/C23H31NO4/c1-15(2)20(25)14-19-9-11-21(17(4)23(19)26)27-12-6-7-13-28-22-10-8-16(3)24-18(22)5/h8-11,15,26H,6-7,12-14H2,1-5H3. The smallest absolute Gasteiger partial charge is 0.140 e. The van der Waals surface area contributed by atoms with Gasteiger partial charge in [0.25, 0.3) is 0 Å². The number of aromatic hydroxyl groups is 1. The molecule has 152 valence electrons. The van der Waals surface area contributed by atoms with E-state index in [0.717, 1.165) is 30.0 Å². The van der Waals surface area contributed by atoms with Crippen molar-refractivity contribution in [1.82, 2.24) is 4.98 Å². The zero-order valence-corrected chi connectivity index (χ0v) is 17.5. The number of phenolic OH excluding ortho intramolecular Hbond substituents is 1. The van der Waals surface area contributed by atoms with Crippen LogP contribution in [0.5, 0.6) is 17.2 Å². The minimum atomic E-state index is -0.0441. The van der Waals surface area contributed by atoms with Crippen molar-refractivity contribution < 1.29 is 19.4 Å². The molecule has 1 N–H and O–H groups in total. The molecule has 0 atom stereocenters. The van der Waals surface area contributed by atoms with Gasteiger partial charge in [-0.2, -0.15) is 0 Å². The van der Waals surface area contributed by atoms with E-state index in [9.17, 15) is 9.90 Å². The molecule has 0 unspecified atom stereocenters. The van der Waals surface area contributed by atoms with Crippen LogP contribution in [0.25, 0.3) is 0 Å². The Morgan fingerprint density at radius 2 is 1.61 bits per heavy atom. The van der Waals surface area contributed by atoms with Crippen LogP contribution in [-0.2, 0) is 11.2 Å². The number of phenols is 1. The molecule has 0 saturated carbocycles. The van der Waals surface area contributed by atoms with Gasteiger partial charge in [-0.05, 0) is 51.8 Å². The number of aryl methyl sites for hydroxylation is 2. The van der Waals surface area contributed by atoms with Gasteiger partial charge in [0.15, 0.2) is 0 Å². The average Bonchev–Trinajstić information content (AvgIpc) is 2.64. The van der Waals surface area contributed by atoms with Gasteiger partial charge in [0.2, 0.25) is 0 Å². The van der Waals surface area contributed by atoms with Crippen LogP contribution >= 0.6 is 0 Å². The number of ether oxygens (including phenoxy) is 2. The Hall–Kier alpha value is -2.56. The number of benzene rings is 1. The molecular formula is C23H31NO4. The van der Waals surface area contributed by atoms with Crippen molar-refractivity contribution in [3.63, 3.8) is 0 Å². The first kappa shape index (κ1) is 21.7. The Morgan fingerprint density at radius 3 is 2.21 bits per heavy atom. The van der Waals surface area contributed by atoms with Crippen molar-refractivity contribution in [3.8, 4) is 17.2 Å². The lowest BCUT2D eigenvalue weighted by Crippen LogP contribution is -2.10. The molecule has 0 aliphatic rings. The number of unbranched alkanes of at least 4 members (excludes halogenated alkanes) is 1. The maximum absolute atomic E-state index is 11.9. The number of aromatic nitrogens is 1. The Morgan fingerprint density at radius 1 is 1.00 bits per heavy atom. The molecule has 0 fully saturated rings. The van der Waals surface area contributed by atoms with E-state index in [1.54, 1.807) is 6.07 Å². The third-order valence-corrected chi connectivity index (χ3v) is 4.70. The van der Waals surface area contributed by atoms with Gasteiger partial charge in [-0.3, -0.25) is 9.78 Å². The number of pyridine rings is 1. The quantitative estimate of drug-likeness (QED) is 0.600. The summed E-state index contributed by atoms with van der Waals surface area (Å²) in [5.74, 6) is 1.69. The molecule has 1 heterocycles. The Kier molecular flexibility index (Phi) is 7.85. The normalized spacial score (nSPS) is 10.9. The van der Waals surface area contributed by atoms with Crippen LogP contribution < -0.4 is 9.47 Å². The molecule has 0 radical (unpaired) electrons. The van der Waals surface area contributed by atoms with Crippen LogP contribution in [0.3, 0.4) is 0 Å². The number of carbonyl (C=O) groups excluding carboxylic acids is 1. The average molecular weight is 386 g/mol. The van der Waals surface area contributed by atoms with Crippen molar-refractivity contribution in [2.24, 2.45) is 5.92 Å². The second kappa shape index (κ2) is 10.1. The summed E-state index contributed by atoms with van der Waals surface area (Å²) < 4.78 is 11.6. The van der Waals surface area contributed by atoms with Crippen molar-refractivity contribution >= 4 is 5.78 Å². The Labute approximate surface area is 167 Å². The SMILES string of the molecule is Cc1ccc(OCCCCOc2ccc(CC(=O)C(C)C)c(O)c2C)c(C)n1. The summed E-state index contributed by atoms with van der Waals surface area (Å²) in [6.45, 7) is 10.6. The van der Waals surface area contributed by atoms with Crippen LogP contribution in [0.15, 0.2) is 24.3 Å². The molecule has 0 spiro atoms. The molecule has 0 aliphatic heterocycles. The predicted octanol–water partition coefficient (Wildman–Crippen LogP) is 4.72. The van der Waals surface area contributed by atoms with Gasteiger partial charge in [-0.25, -0.2) is 0 Å². The molecule has 0 amide bonds. The monoisotopic (exact) mass is 385 g/mol. The molecule has 0 saturated heterocycles. The summed E-state index contributed by atoms with van der Waals surface area (Å²) in [6, 6.07) is 7.50. The minimum absolute atomic E-state index is 0.0441. The first-order chi connectivity index (χ1) is 13.3. The van der Waals surface area contributed by atoms with Gasteiger partial charge in [0.05, 0.1) is 18.9 Å². The molecule has 5 heteroatoms. The molecule has 5 nitrogen and oxygen atoms in total. The van der Waals surface area contributed by atoms with Crippen LogP contribution in [-0.4, -0.2) is 29.1 Å². The van der Waals surface area contributed by atoms with Gasteiger partial charge in [0.1, 0.15) is 23.0 Å². The van der Waals surface area contributed by atoms with E-state index in [-0.39, 0.29) is 23.9 Å². The fourth-order valence-electron chi connectivity index (χ4n) is 2.82. The van der Waals surface area contributed by atoms with Crippen molar-refractivity contribution in [2.45, 2.75) is 53.9 Å². The highest BCUT2D eigenvalue weighted by molar-refractivity contribution is 5.83. The summed E-state index contributed by atoms with van der Waals surface area (Å²) in [5, 5.41) is 10.4. The van der Waals surface area contributed by atoms with E-state index in [2.05, 4.69) is 4.98 Å². The van der Waals surface area contributed by atoms with E-state index in [1.807, 2.05) is 52.8 Å². The molecule has 2 aromatic rings. The van der Waals surface area contributed by atoms with Gasteiger partial charge < -0.3 is 14.6 Å². The van der Waals surface area contributed by atoms with Crippen LogP contribution in [0.4, 0.5) is 0 Å². The molecule has 28 heavy (non-hydrogen) atoms. The van der Waals surface area contributed by atoms with E-state index in [0.29, 0.717) is 30.1 Å². The highest BCUT2D eigenvalue weighted by atomic mass is 16.5. The molecule has 1 aromatic carbocycles. The minimum Gasteiger partial charge on any atom is -0.507 e. The third-order valence-electron chi connectivity index (χ3n) is 4.70. The van der Waals surface area contributed by atoms with E-state index >= 15 is 0 Å². The van der Waals surface area contributed by atoms with E-state index in [1.165, 1.54) is 0 Å². The lowest BCUT2D eigenvalue weighted by atomic mass is 9.98. The van der Waals surface area contributed by atoms with Gasteiger partial charge in [0, 0.05) is 29.2 Å². The number of rotatable bonds is 10. The summed E-state index contributed by atoms with van der Waals surface area (Å²) in [4.78, 5) is 16.3. The number of hydrogen-bond donors (Lipinski definition) is 1. The third kappa shape index (κ3) is 5.98. The summed E-state index contributed by atoms with van der Waals surface area (Å²) >= 11 is 0. The number of Topliss-reactive ketones (excluding diaryl/α,β-unsaturated/α-hetero) is 1. The van der Waals surface area contributed by atoms with Crippen molar-refractivity contribution in [1.29, 1.82) is 0 Å². The van der Waals surface area contributed by atoms with Crippen LogP contribution in [0, 0.1) is 26.7 Å². The molecular weight excluding hydrogens is 354 g/mol. The van der Waals surface area contributed by atoms with Crippen LogP contribution in [0.2, 0.25) is 0 Å². The maximum atomic E-state index is 11.9. The first-order valence-corrected chi connectivity index (χ1v) is 9.83. The molecule has 2 rings (SSSR count). The van der Waals surface area contributed by atoms with Gasteiger partial charge in [-0.1, -0.05) is 19.9 Å². The fraction of sp³-hybridized carbons (Fsp3) is 0.478. The first-order valence-electron chi connectivity index (χ1n) is 9.83. The highest BCUT2D eigenvalue weighted by Crippen LogP contribution is 2.31. The zero-order valence-electron chi connectivity index (χ0n) is 17.5. The lowest BCUT2D eigenvalue weighted by molar-refractivity contribution is -0.121. The van der Waals surface area contributed by atoms with Crippen molar-refractivity contribution in [2.75, 3.05) is 13.2 Å². The second-order valence-corrected chi connectivity index (χ2v) is 7.43. The second-order valence-electron chi connectivity index (χ2n) is 7.43. The molecule has 0 aliphatic carbocycles. The summed E-state index contributed by atoms with van der Waals surface area (Å²) in [5.41, 5.74) is 3.21. The number of ketones is 1. The van der Waals surface area contributed by atoms with Crippen LogP contribution in [0.1, 0.15) is 49.2 Å². The maximum Gasteiger partial charge on any atom is 0.140 e. The largest absolute Gasteiger partial charge is 0.507 e. The van der Waals surface area contributed by atoms with Gasteiger partial charge >= 0.3 is 0 Å². The fourth-order valence-corrected chi connectivity index (χ4v) is 2.82. The Bertz CT molecular complexity index is 814. The topological polar surface area (TPSA) is 68.7 Å². The number of hydrogen-bond acceptors (Lipinski definition) is 5. The van der Waals surface area contributed by atoms with E-state index in [4.69, 9.17) is 9.47 Å². The molecule has 0 bridgehead atoms. The lowest BCUT2D eigenvalue weighted by Gasteiger charge is -2.14. The number of carbonyl (C=O) groups is 1. The van der Waals surface area contributed by atoms with E-state index < -0.39 is 0 Å². The highest BCUT2D eigenvalue weighted by Gasteiger charge is 2.15. The molecule has 1 aromatic heterocycles. The summed E-state index contributed by atoms with van der Waals surface area (Å²) in [6.07, 6.45) is 1.95. The number of nitrogens with zero attached hydrogens (tertiary/aromatic N) is 1. The van der Waals surface area contributed by atoms with Gasteiger partial charge in [-0.15, -0.1) is 0 Å².